The zero-order valence-corrected chi connectivity index (χ0v) is 12.8. The van der Waals surface area contributed by atoms with Gasteiger partial charge in [0.25, 0.3) is 0 Å². The molecule has 1 aliphatic rings. The van der Waals surface area contributed by atoms with Crippen LogP contribution in [0.5, 0.6) is 5.88 Å². The molecule has 3 rings (SSSR count). The highest BCUT2D eigenvalue weighted by Gasteiger charge is 2.22. The smallest absolute Gasteiger partial charge is 0.213 e. The maximum absolute atomic E-state index is 14.1. The lowest BCUT2D eigenvalue weighted by Crippen LogP contribution is -2.04. The first-order chi connectivity index (χ1) is 10.5. The van der Waals surface area contributed by atoms with Crippen molar-refractivity contribution in [2.24, 2.45) is 5.92 Å². The van der Waals surface area contributed by atoms with E-state index < -0.39 is 11.6 Å². The average Bonchev–Trinajstić information content (AvgIpc) is 3.29. The van der Waals surface area contributed by atoms with Crippen LogP contribution in [0.1, 0.15) is 38.2 Å². The van der Waals surface area contributed by atoms with Crippen molar-refractivity contribution in [3.05, 3.63) is 47.5 Å². The molecule has 1 saturated carbocycles. The van der Waals surface area contributed by atoms with E-state index in [1.165, 1.54) is 25.0 Å². The Hall–Kier alpha value is -1.97. The van der Waals surface area contributed by atoms with Crippen molar-refractivity contribution in [1.82, 2.24) is 4.98 Å². The van der Waals surface area contributed by atoms with Crippen molar-refractivity contribution in [3.63, 3.8) is 0 Å². The number of ether oxygens (including phenoxy) is 1. The summed E-state index contributed by atoms with van der Waals surface area (Å²) in [5.74, 6) is 0.110. The summed E-state index contributed by atoms with van der Waals surface area (Å²) in [6, 6.07) is 7.31. The summed E-state index contributed by atoms with van der Waals surface area (Å²) in [5.41, 5.74) is 1.76. The first-order valence-electron chi connectivity index (χ1n) is 7.63. The van der Waals surface area contributed by atoms with Crippen molar-refractivity contribution in [3.8, 4) is 17.1 Å². The van der Waals surface area contributed by atoms with Gasteiger partial charge in [0.05, 0.1) is 12.3 Å². The Labute approximate surface area is 129 Å². The van der Waals surface area contributed by atoms with Crippen molar-refractivity contribution in [1.29, 1.82) is 0 Å². The molecule has 22 heavy (non-hydrogen) atoms. The van der Waals surface area contributed by atoms with Crippen LogP contribution in [0.25, 0.3) is 11.3 Å². The van der Waals surface area contributed by atoms with Gasteiger partial charge in [-0.3, -0.25) is 0 Å². The third kappa shape index (κ3) is 3.26. The van der Waals surface area contributed by atoms with E-state index in [2.05, 4.69) is 4.98 Å². The highest BCUT2D eigenvalue weighted by Crippen LogP contribution is 2.33. The lowest BCUT2D eigenvalue weighted by molar-refractivity contribution is 0.288. The molecule has 0 unspecified atom stereocenters. The van der Waals surface area contributed by atoms with Crippen LogP contribution in [-0.2, 0) is 0 Å². The molecule has 1 heterocycles. The first kappa shape index (κ1) is 14.9. The second-order valence-electron chi connectivity index (χ2n) is 6.12. The van der Waals surface area contributed by atoms with Gasteiger partial charge in [-0.2, -0.15) is 0 Å². The lowest BCUT2D eigenvalue weighted by Gasteiger charge is -2.14. The van der Waals surface area contributed by atoms with Crippen molar-refractivity contribution >= 4 is 0 Å². The number of benzene rings is 1. The maximum atomic E-state index is 14.1. The van der Waals surface area contributed by atoms with Gasteiger partial charge in [0.15, 0.2) is 0 Å². The van der Waals surface area contributed by atoms with E-state index in [0.29, 0.717) is 29.7 Å². The second-order valence-corrected chi connectivity index (χ2v) is 6.12. The SMILES string of the molecule is CC(C)c1ccc(OCC2CC2)nc1-c1ccc(F)cc1F. The van der Waals surface area contributed by atoms with E-state index in [9.17, 15) is 8.78 Å². The summed E-state index contributed by atoms with van der Waals surface area (Å²) in [6.07, 6.45) is 2.40. The molecule has 1 aliphatic carbocycles. The summed E-state index contributed by atoms with van der Waals surface area (Å²) in [6.45, 7) is 4.69. The molecule has 4 heteroatoms. The Kier molecular flexibility index (Phi) is 4.10. The number of rotatable bonds is 5. The van der Waals surface area contributed by atoms with Gasteiger partial charge in [0.2, 0.25) is 5.88 Å². The molecule has 116 valence electrons. The molecule has 1 fully saturated rings. The molecular formula is C18H19F2NO. The highest BCUT2D eigenvalue weighted by atomic mass is 19.1. The zero-order chi connectivity index (χ0) is 15.7. The molecule has 2 aromatic rings. The topological polar surface area (TPSA) is 22.1 Å². The van der Waals surface area contributed by atoms with Crippen LogP contribution in [0.3, 0.4) is 0 Å². The number of aromatic nitrogens is 1. The number of hydrogen-bond donors (Lipinski definition) is 0. The Morgan fingerprint density at radius 3 is 2.59 bits per heavy atom. The third-order valence-electron chi connectivity index (χ3n) is 3.87. The van der Waals surface area contributed by atoms with Gasteiger partial charge < -0.3 is 4.74 Å². The molecule has 0 N–H and O–H groups in total. The van der Waals surface area contributed by atoms with Crippen molar-refractivity contribution in [2.45, 2.75) is 32.6 Å². The average molecular weight is 303 g/mol. The van der Waals surface area contributed by atoms with Crippen LogP contribution in [0, 0.1) is 17.6 Å². The number of halogens is 2. The number of hydrogen-bond acceptors (Lipinski definition) is 2. The third-order valence-corrected chi connectivity index (χ3v) is 3.87. The lowest BCUT2D eigenvalue weighted by atomic mass is 9.97. The fraction of sp³-hybridized carbons (Fsp3) is 0.389. The summed E-state index contributed by atoms with van der Waals surface area (Å²) in [5, 5.41) is 0. The van der Waals surface area contributed by atoms with Gasteiger partial charge in [0, 0.05) is 17.7 Å². The molecule has 0 radical (unpaired) electrons. The van der Waals surface area contributed by atoms with Gasteiger partial charge in [-0.25, -0.2) is 13.8 Å². The fourth-order valence-electron chi connectivity index (χ4n) is 2.38. The molecule has 1 aromatic carbocycles. The Morgan fingerprint density at radius 2 is 1.95 bits per heavy atom. The molecule has 0 atom stereocenters. The minimum absolute atomic E-state index is 0.185. The fourth-order valence-corrected chi connectivity index (χ4v) is 2.38. The van der Waals surface area contributed by atoms with Crippen molar-refractivity contribution in [2.75, 3.05) is 6.61 Å². The van der Waals surface area contributed by atoms with Gasteiger partial charge >= 0.3 is 0 Å². The predicted molar refractivity (Wildman–Crippen MR) is 81.9 cm³/mol. The van der Waals surface area contributed by atoms with Crippen LogP contribution in [0.4, 0.5) is 8.78 Å². The van der Waals surface area contributed by atoms with Crippen LogP contribution in [0.15, 0.2) is 30.3 Å². The Balaban J connectivity index is 1.99. The molecular weight excluding hydrogens is 284 g/mol. The molecule has 1 aromatic heterocycles. The van der Waals surface area contributed by atoms with E-state index in [-0.39, 0.29) is 5.92 Å². The summed E-state index contributed by atoms with van der Waals surface area (Å²) < 4.78 is 32.9. The molecule has 0 spiro atoms. The van der Waals surface area contributed by atoms with Crippen LogP contribution < -0.4 is 4.74 Å². The van der Waals surface area contributed by atoms with E-state index in [4.69, 9.17) is 4.74 Å². The molecule has 2 nitrogen and oxygen atoms in total. The number of nitrogens with zero attached hydrogens (tertiary/aromatic N) is 1. The van der Waals surface area contributed by atoms with Gasteiger partial charge in [-0.05, 0) is 42.4 Å². The monoisotopic (exact) mass is 303 g/mol. The Morgan fingerprint density at radius 1 is 1.18 bits per heavy atom. The van der Waals surface area contributed by atoms with Gasteiger partial charge in [-0.1, -0.05) is 19.9 Å². The normalized spacial score (nSPS) is 14.4. The second kappa shape index (κ2) is 6.03. The predicted octanol–water partition coefficient (Wildman–Crippen LogP) is 4.94. The van der Waals surface area contributed by atoms with Crippen molar-refractivity contribution < 1.29 is 13.5 Å². The molecule has 0 bridgehead atoms. The van der Waals surface area contributed by atoms with Gasteiger partial charge in [0.1, 0.15) is 11.6 Å². The van der Waals surface area contributed by atoms with Crippen LogP contribution in [0.2, 0.25) is 0 Å². The maximum Gasteiger partial charge on any atom is 0.213 e. The van der Waals surface area contributed by atoms with E-state index in [1.54, 1.807) is 0 Å². The zero-order valence-electron chi connectivity index (χ0n) is 12.8. The van der Waals surface area contributed by atoms with E-state index in [0.717, 1.165) is 11.6 Å². The molecule has 0 aliphatic heterocycles. The van der Waals surface area contributed by atoms with Crippen LogP contribution >= 0.6 is 0 Å². The Bertz CT molecular complexity index is 681. The summed E-state index contributed by atoms with van der Waals surface area (Å²) in [4.78, 5) is 4.47. The largest absolute Gasteiger partial charge is 0.477 e. The van der Waals surface area contributed by atoms with E-state index >= 15 is 0 Å². The highest BCUT2D eigenvalue weighted by molar-refractivity contribution is 5.65. The molecule has 0 saturated heterocycles. The quantitative estimate of drug-likeness (QED) is 0.780. The van der Waals surface area contributed by atoms with E-state index in [1.807, 2.05) is 26.0 Å². The standard InChI is InChI=1S/C18H19F2NO/c1-11(2)14-7-8-17(22-10-12-3-4-12)21-18(14)15-6-5-13(19)9-16(15)20/h5-9,11-12H,3-4,10H2,1-2H3. The molecule has 0 amide bonds. The first-order valence-corrected chi connectivity index (χ1v) is 7.63. The minimum Gasteiger partial charge on any atom is -0.477 e. The van der Waals surface area contributed by atoms with Crippen LogP contribution in [-0.4, -0.2) is 11.6 Å². The minimum atomic E-state index is -0.603. The number of pyridine rings is 1. The van der Waals surface area contributed by atoms with Gasteiger partial charge in [-0.15, -0.1) is 0 Å². The summed E-state index contributed by atoms with van der Waals surface area (Å²) in [7, 11) is 0. The summed E-state index contributed by atoms with van der Waals surface area (Å²) >= 11 is 0.